The number of nitrogens with zero attached hydrogens (tertiary/aromatic N) is 2. The van der Waals surface area contributed by atoms with Gasteiger partial charge in [-0.05, 0) is 83.3 Å². The molecule has 9 heteroatoms. The fourth-order valence-corrected chi connectivity index (χ4v) is 7.34. The summed E-state index contributed by atoms with van der Waals surface area (Å²) in [7, 11) is 1.69. The molecular formula is C43H42N2O6S. The first kappa shape index (κ1) is 37.5. The van der Waals surface area contributed by atoms with Gasteiger partial charge in [-0.3, -0.25) is 4.79 Å². The Morgan fingerprint density at radius 2 is 0.962 bits per heavy atom. The molecule has 0 aromatic heterocycles. The van der Waals surface area contributed by atoms with Crippen LogP contribution in [0.4, 0.5) is 0 Å². The van der Waals surface area contributed by atoms with Gasteiger partial charge >= 0.3 is 5.71 Å². The third kappa shape index (κ3) is 7.47. The Labute approximate surface area is 305 Å². The second kappa shape index (κ2) is 15.2. The fraction of sp³-hybridized carbons (Fsp3) is 0.209. The van der Waals surface area contributed by atoms with Gasteiger partial charge in [0, 0.05) is 34.3 Å². The maximum absolute atomic E-state index is 11.8. The summed E-state index contributed by atoms with van der Waals surface area (Å²) in [5.74, 6) is 2.08. The van der Waals surface area contributed by atoms with E-state index in [1.807, 2.05) is 36.4 Å². The van der Waals surface area contributed by atoms with Crippen molar-refractivity contribution in [1.29, 1.82) is 0 Å². The van der Waals surface area contributed by atoms with Crippen molar-refractivity contribution < 1.29 is 32.2 Å². The van der Waals surface area contributed by atoms with E-state index in [1.165, 1.54) is 58.2 Å². The van der Waals surface area contributed by atoms with Crippen LogP contribution < -0.4 is 14.2 Å². The molecule has 0 atom stereocenters. The molecule has 266 valence electrons. The van der Waals surface area contributed by atoms with Crippen LogP contribution in [0.25, 0.3) is 11.6 Å². The molecule has 6 rings (SSSR count). The molecular weight excluding hydrogens is 673 g/mol. The van der Waals surface area contributed by atoms with Crippen LogP contribution in [-0.2, 0) is 20.7 Å². The van der Waals surface area contributed by atoms with Gasteiger partial charge in [0.05, 0.1) is 26.2 Å². The number of ketones is 1. The summed E-state index contributed by atoms with van der Waals surface area (Å²) in [5, 5.41) is 0. The Morgan fingerprint density at radius 3 is 1.35 bits per heavy atom. The second-order valence-corrected chi connectivity index (χ2v) is 15.1. The number of Topliss-reactive ketones (excluding diaryl/α,β-unsaturated/α-hetero) is 1. The summed E-state index contributed by atoms with van der Waals surface area (Å²) >= 11 is 0. The molecule has 52 heavy (non-hydrogen) atoms. The zero-order chi connectivity index (χ0) is 37.7. The van der Waals surface area contributed by atoms with Crippen molar-refractivity contribution in [2.45, 2.75) is 36.5 Å². The smallest absolute Gasteiger partial charge is 0.362 e. The number of fused-ring (bicyclic) bond motifs is 1. The number of allylic oxidation sites excluding steroid dienone is 1. The van der Waals surface area contributed by atoms with Gasteiger partial charge in [0.1, 0.15) is 17.2 Å². The first-order valence-electron chi connectivity index (χ1n) is 16.6. The molecule has 1 aliphatic rings. The fourth-order valence-electron chi connectivity index (χ4n) is 6.44. The SMILES string of the molecule is COc1ccc(C(C)(C)c2ccc(C(C)(c3ccc(OC)cc3)c3ccc(OC)cc3)cc2)cc1.CS(=O)(=O)c1cccc2c1C=CC(=[N+]=[N-])C2=O. The largest absolute Gasteiger partial charge is 0.497 e. The number of carbonyl (C=O) groups is 1. The highest BCUT2D eigenvalue weighted by Gasteiger charge is 2.33. The molecule has 0 heterocycles. The summed E-state index contributed by atoms with van der Waals surface area (Å²) in [4.78, 5) is 14.7. The van der Waals surface area contributed by atoms with E-state index >= 15 is 0 Å². The summed E-state index contributed by atoms with van der Waals surface area (Å²) in [6.45, 7) is 6.80. The van der Waals surface area contributed by atoms with Crippen LogP contribution in [0.15, 0.2) is 126 Å². The average Bonchev–Trinajstić information content (AvgIpc) is 3.17. The first-order chi connectivity index (χ1) is 24.8. The van der Waals surface area contributed by atoms with E-state index in [4.69, 9.17) is 19.7 Å². The monoisotopic (exact) mass is 714 g/mol. The number of ether oxygens (including phenoxy) is 3. The lowest BCUT2D eigenvalue weighted by Crippen LogP contribution is -2.26. The van der Waals surface area contributed by atoms with Crippen molar-refractivity contribution in [1.82, 2.24) is 0 Å². The zero-order valence-electron chi connectivity index (χ0n) is 30.4. The van der Waals surface area contributed by atoms with Gasteiger partial charge in [-0.15, -0.1) is 0 Å². The molecule has 0 bridgehead atoms. The van der Waals surface area contributed by atoms with Gasteiger partial charge in [-0.1, -0.05) is 86.6 Å². The lowest BCUT2D eigenvalue weighted by Gasteiger charge is -2.33. The molecule has 0 fully saturated rings. The predicted octanol–water partition coefficient (Wildman–Crippen LogP) is 8.36. The second-order valence-electron chi connectivity index (χ2n) is 13.2. The number of rotatable bonds is 9. The summed E-state index contributed by atoms with van der Waals surface area (Å²) < 4.78 is 39.2. The topological polar surface area (TPSA) is 115 Å². The van der Waals surface area contributed by atoms with E-state index in [1.54, 1.807) is 21.3 Å². The number of benzene rings is 5. The molecule has 0 spiro atoms. The minimum atomic E-state index is -3.40. The van der Waals surface area contributed by atoms with Crippen LogP contribution in [0.1, 0.15) is 64.5 Å². The minimum Gasteiger partial charge on any atom is -0.497 e. The summed E-state index contributed by atoms with van der Waals surface area (Å²) in [5.41, 5.74) is 14.7. The standard InChI is InChI=1S/C32H34O3.C11H8N2O3S/c1-31(2,24-11-17-28(33-4)18-12-24)23-7-9-25(10-8-23)32(3,26-13-19-29(34-5)20-14-26)27-15-21-30(35-6)22-16-27;1-17(15,16)10-4-2-3-8-7(10)5-6-9(13-12)11(8)14/h7-22H,1-6H3;2-6H,1H3. The van der Waals surface area contributed by atoms with E-state index in [9.17, 15) is 13.2 Å². The molecule has 5 aromatic carbocycles. The van der Waals surface area contributed by atoms with Crippen molar-refractivity contribution in [3.05, 3.63) is 166 Å². The normalized spacial score (nSPS) is 12.6. The van der Waals surface area contributed by atoms with E-state index < -0.39 is 15.6 Å². The highest BCUT2D eigenvalue weighted by Crippen LogP contribution is 2.41. The number of hydrogen-bond donors (Lipinski definition) is 0. The van der Waals surface area contributed by atoms with Gasteiger partial charge < -0.3 is 19.7 Å². The van der Waals surface area contributed by atoms with Crippen molar-refractivity contribution in [2.75, 3.05) is 27.6 Å². The van der Waals surface area contributed by atoms with Crippen LogP contribution in [0.2, 0.25) is 0 Å². The van der Waals surface area contributed by atoms with E-state index in [0.29, 0.717) is 5.56 Å². The average molecular weight is 715 g/mol. The van der Waals surface area contributed by atoms with Gasteiger partial charge in [0.2, 0.25) is 0 Å². The van der Waals surface area contributed by atoms with Gasteiger partial charge in [0.25, 0.3) is 5.78 Å². The van der Waals surface area contributed by atoms with Gasteiger partial charge in [-0.2, -0.15) is 4.79 Å². The Hall–Kier alpha value is -5.76. The van der Waals surface area contributed by atoms with Gasteiger partial charge in [0.15, 0.2) is 9.84 Å². The molecule has 0 saturated heterocycles. The number of carbonyl (C=O) groups excluding carboxylic acids is 1. The lowest BCUT2D eigenvalue weighted by molar-refractivity contribution is -0.00436. The van der Waals surface area contributed by atoms with E-state index in [2.05, 4.69) is 86.2 Å². The third-order valence-corrected chi connectivity index (χ3v) is 10.9. The Morgan fingerprint density at radius 1 is 0.577 bits per heavy atom. The van der Waals surface area contributed by atoms with Crippen molar-refractivity contribution >= 4 is 27.4 Å². The molecule has 0 amide bonds. The minimum absolute atomic E-state index is 0.0941. The Balaban J connectivity index is 0.000000257. The third-order valence-electron chi connectivity index (χ3n) is 9.79. The van der Waals surface area contributed by atoms with E-state index in [0.717, 1.165) is 23.5 Å². The molecule has 0 aliphatic heterocycles. The molecule has 8 nitrogen and oxygen atoms in total. The maximum Gasteiger partial charge on any atom is 0.362 e. The lowest BCUT2D eigenvalue weighted by atomic mass is 9.70. The molecule has 0 radical (unpaired) electrons. The van der Waals surface area contributed by atoms with Crippen LogP contribution in [-0.4, -0.2) is 52.3 Å². The zero-order valence-corrected chi connectivity index (χ0v) is 31.2. The van der Waals surface area contributed by atoms with E-state index in [-0.39, 0.29) is 27.0 Å². The number of methoxy groups -OCH3 is 3. The molecule has 5 aromatic rings. The maximum atomic E-state index is 11.8. The molecule has 0 saturated carbocycles. The molecule has 0 N–H and O–H groups in total. The molecule has 0 unspecified atom stereocenters. The highest BCUT2D eigenvalue weighted by molar-refractivity contribution is 7.90. The van der Waals surface area contributed by atoms with Crippen LogP contribution in [0.3, 0.4) is 0 Å². The Kier molecular flexibility index (Phi) is 11.0. The van der Waals surface area contributed by atoms with Crippen LogP contribution in [0, 0.1) is 0 Å². The number of sulfone groups is 1. The Bertz CT molecular complexity index is 2200. The van der Waals surface area contributed by atoms with Crippen molar-refractivity contribution in [2.24, 2.45) is 0 Å². The predicted molar refractivity (Wildman–Crippen MR) is 205 cm³/mol. The van der Waals surface area contributed by atoms with Crippen LogP contribution in [0.5, 0.6) is 17.2 Å². The molecule has 1 aliphatic carbocycles. The van der Waals surface area contributed by atoms with Crippen molar-refractivity contribution in [3.63, 3.8) is 0 Å². The highest BCUT2D eigenvalue weighted by atomic mass is 32.2. The first-order valence-corrected chi connectivity index (χ1v) is 18.5. The quantitative estimate of drug-likeness (QED) is 0.0861. The summed E-state index contributed by atoms with van der Waals surface area (Å²) in [6.07, 6.45) is 3.83. The summed E-state index contributed by atoms with van der Waals surface area (Å²) in [6, 6.07) is 38.5. The van der Waals surface area contributed by atoms with Gasteiger partial charge in [-0.25, -0.2) is 8.42 Å². The van der Waals surface area contributed by atoms with Crippen molar-refractivity contribution in [3.8, 4) is 17.2 Å². The van der Waals surface area contributed by atoms with Crippen LogP contribution >= 0.6 is 0 Å². The number of hydrogen-bond acceptors (Lipinski definition) is 6.